The number of benzene rings is 1. The van der Waals surface area contributed by atoms with E-state index in [0.717, 1.165) is 11.5 Å². The van der Waals surface area contributed by atoms with Crippen LogP contribution in [0.4, 0.5) is 9.18 Å². The summed E-state index contributed by atoms with van der Waals surface area (Å²) in [5.74, 6) is 0.304. The highest BCUT2D eigenvalue weighted by Gasteiger charge is 2.23. The minimum absolute atomic E-state index is 0. The average Bonchev–Trinajstić information content (AvgIpc) is 2.59. The molecule has 0 bridgehead atoms. The summed E-state index contributed by atoms with van der Waals surface area (Å²) < 4.78 is 18.2. The molecule has 1 N–H and O–H groups in total. The number of rotatable bonds is 3. The molecule has 0 aromatic heterocycles. The van der Waals surface area contributed by atoms with Gasteiger partial charge in [-0.1, -0.05) is 17.7 Å². The van der Waals surface area contributed by atoms with E-state index >= 15 is 0 Å². The van der Waals surface area contributed by atoms with Crippen LogP contribution in [-0.2, 0) is 11.3 Å². The second kappa shape index (κ2) is 10.6. The van der Waals surface area contributed by atoms with Crippen molar-refractivity contribution in [2.24, 2.45) is 4.99 Å². The topological polar surface area (TPSA) is 57.2 Å². The lowest BCUT2D eigenvalue weighted by molar-refractivity contribution is 0.0914. The van der Waals surface area contributed by atoms with Crippen molar-refractivity contribution in [2.75, 3.05) is 39.8 Å². The van der Waals surface area contributed by atoms with Crippen molar-refractivity contribution < 1.29 is 13.9 Å². The standard InChI is InChI=1S/C16H22ClFN4O2.HI/c1-3-24-16(23)22-8-6-21(7-9-22)15(19-2)20-11-12-4-5-14(18)13(17)10-12;/h4-5,10H,3,6-9,11H2,1-2H3,(H,19,20);1H. The van der Waals surface area contributed by atoms with Crippen LogP contribution in [0.25, 0.3) is 0 Å². The Morgan fingerprint density at radius 3 is 2.52 bits per heavy atom. The van der Waals surface area contributed by atoms with Crippen LogP contribution in [0, 0.1) is 5.82 Å². The van der Waals surface area contributed by atoms with Gasteiger partial charge in [-0.3, -0.25) is 4.99 Å². The first kappa shape index (κ1) is 21.8. The number of hydrogen-bond acceptors (Lipinski definition) is 3. The number of halogens is 3. The molecule has 1 fully saturated rings. The van der Waals surface area contributed by atoms with Crippen molar-refractivity contribution in [1.29, 1.82) is 0 Å². The van der Waals surface area contributed by atoms with Gasteiger partial charge in [-0.25, -0.2) is 9.18 Å². The fraction of sp³-hybridized carbons (Fsp3) is 0.500. The van der Waals surface area contributed by atoms with Gasteiger partial charge in [-0.2, -0.15) is 0 Å². The smallest absolute Gasteiger partial charge is 0.409 e. The summed E-state index contributed by atoms with van der Waals surface area (Å²) in [5.41, 5.74) is 0.868. The van der Waals surface area contributed by atoms with Crippen molar-refractivity contribution in [3.05, 3.63) is 34.6 Å². The molecule has 0 aliphatic carbocycles. The molecule has 0 spiro atoms. The van der Waals surface area contributed by atoms with Gasteiger partial charge in [0.2, 0.25) is 0 Å². The number of carbonyl (C=O) groups is 1. The van der Waals surface area contributed by atoms with Gasteiger partial charge in [0.15, 0.2) is 5.96 Å². The molecule has 1 saturated heterocycles. The summed E-state index contributed by atoms with van der Waals surface area (Å²) in [4.78, 5) is 19.7. The van der Waals surface area contributed by atoms with Gasteiger partial charge in [-0.05, 0) is 24.6 Å². The molecule has 1 amide bonds. The van der Waals surface area contributed by atoms with Crippen molar-refractivity contribution in [3.63, 3.8) is 0 Å². The molecule has 9 heteroatoms. The Kier molecular flexibility index (Phi) is 9.26. The minimum Gasteiger partial charge on any atom is -0.450 e. The first-order valence-corrected chi connectivity index (χ1v) is 8.24. The molecule has 0 radical (unpaired) electrons. The highest BCUT2D eigenvalue weighted by molar-refractivity contribution is 14.0. The maximum atomic E-state index is 13.2. The van der Waals surface area contributed by atoms with E-state index in [9.17, 15) is 9.18 Å². The van der Waals surface area contributed by atoms with Crippen molar-refractivity contribution >= 4 is 47.6 Å². The molecular formula is C16H23ClFIN4O2. The van der Waals surface area contributed by atoms with E-state index in [1.54, 1.807) is 31.0 Å². The van der Waals surface area contributed by atoms with Gasteiger partial charge < -0.3 is 19.9 Å². The van der Waals surface area contributed by atoms with Gasteiger partial charge in [-0.15, -0.1) is 24.0 Å². The largest absolute Gasteiger partial charge is 0.450 e. The van der Waals surface area contributed by atoms with E-state index in [4.69, 9.17) is 16.3 Å². The highest BCUT2D eigenvalue weighted by atomic mass is 127. The Labute approximate surface area is 169 Å². The van der Waals surface area contributed by atoms with Crippen molar-refractivity contribution in [3.8, 4) is 0 Å². The number of hydrogen-bond donors (Lipinski definition) is 1. The first-order valence-electron chi connectivity index (χ1n) is 7.86. The van der Waals surface area contributed by atoms with Crippen LogP contribution in [0.15, 0.2) is 23.2 Å². The number of ether oxygens (including phenoxy) is 1. The summed E-state index contributed by atoms with van der Waals surface area (Å²) in [6, 6.07) is 4.62. The third kappa shape index (κ3) is 6.18. The van der Waals surface area contributed by atoms with Crippen LogP contribution in [0.2, 0.25) is 5.02 Å². The predicted molar refractivity (Wildman–Crippen MR) is 107 cm³/mol. The number of aliphatic imine (C=N–C) groups is 1. The summed E-state index contributed by atoms with van der Waals surface area (Å²) in [6.07, 6.45) is -0.277. The maximum absolute atomic E-state index is 13.2. The second-order valence-electron chi connectivity index (χ2n) is 5.32. The number of piperazine rings is 1. The Morgan fingerprint density at radius 1 is 1.32 bits per heavy atom. The Bertz CT molecular complexity index is 610. The lowest BCUT2D eigenvalue weighted by atomic mass is 10.2. The van der Waals surface area contributed by atoms with E-state index < -0.39 is 5.82 Å². The van der Waals surface area contributed by atoms with Crippen LogP contribution in [-0.4, -0.2) is 61.7 Å². The second-order valence-corrected chi connectivity index (χ2v) is 5.73. The Hall–Kier alpha value is -1.29. The van der Waals surface area contributed by atoms with Gasteiger partial charge in [0.25, 0.3) is 0 Å². The lowest BCUT2D eigenvalue weighted by Crippen LogP contribution is -2.53. The van der Waals surface area contributed by atoms with Gasteiger partial charge in [0.1, 0.15) is 5.82 Å². The first-order chi connectivity index (χ1) is 11.5. The quantitative estimate of drug-likeness (QED) is 0.407. The van der Waals surface area contributed by atoms with Gasteiger partial charge >= 0.3 is 6.09 Å². The molecule has 140 valence electrons. The zero-order chi connectivity index (χ0) is 17.5. The van der Waals surface area contributed by atoms with Crippen molar-refractivity contribution in [2.45, 2.75) is 13.5 Å². The maximum Gasteiger partial charge on any atom is 0.409 e. The van der Waals surface area contributed by atoms with Gasteiger partial charge in [0, 0.05) is 39.8 Å². The molecule has 0 atom stereocenters. The molecule has 1 aromatic carbocycles. The number of carbonyl (C=O) groups excluding carboxylic acids is 1. The molecule has 1 aromatic rings. The van der Waals surface area contributed by atoms with Crippen molar-refractivity contribution in [1.82, 2.24) is 15.1 Å². The molecule has 25 heavy (non-hydrogen) atoms. The Morgan fingerprint density at radius 2 is 1.96 bits per heavy atom. The SMILES string of the molecule is CCOC(=O)N1CCN(C(=NC)NCc2ccc(F)c(Cl)c2)CC1.I. The monoisotopic (exact) mass is 484 g/mol. The highest BCUT2D eigenvalue weighted by Crippen LogP contribution is 2.16. The third-order valence-corrected chi connectivity index (χ3v) is 4.04. The molecule has 1 aliphatic heterocycles. The molecule has 6 nitrogen and oxygen atoms in total. The van der Waals surface area contributed by atoms with E-state index in [-0.39, 0.29) is 35.1 Å². The molecule has 0 unspecified atom stereocenters. The molecule has 2 rings (SSSR count). The van der Waals surface area contributed by atoms with Gasteiger partial charge in [0.05, 0.1) is 11.6 Å². The summed E-state index contributed by atoms with van der Waals surface area (Å²) in [5, 5.41) is 3.34. The molecular weight excluding hydrogens is 462 g/mol. The van der Waals surface area contributed by atoms with Crippen LogP contribution in [0.5, 0.6) is 0 Å². The van der Waals surface area contributed by atoms with E-state index in [2.05, 4.69) is 15.2 Å². The normalized spacial score (nSPS) is 14.8. The fourth-order valence-electron chi connectivity index (χ4n) is 2.48. The molecule has 1 heterocycles. The summed E-state index contributed by atoms with van der Waals surface area (Å²) >= 11 is 5.79. The number of nitrogens with one attached hydrogen (secondary N) is 1. The Balaban J connectivity index is 0.00000312. The fourth-order valence-corrected chi connectivity index (χ4v) is 2.68. The van der Waals surface area contributed by atoms with Crippen LogP contribution < -0.4 is 5.32 Å². The number of guanidine groups is 1. The lowest BCUT2D eigenvalue weighted by Gasteiger charge is -2.35. The predicted octanol–water partition coefficient (Wildman–Crippen LogP) is 2.95. The zero-order valence-corrected chi connectivity index (χ0v) is 17.4. The molecule has 0 saturated carbocycles. The van der Waals surface area contributed by atoms with Crippen LogP contribution in [0.3, 0.4) is 0 Å². The summed E-state index contributed by atoms with van der Waals surface area (Å²) in [7, 11) is 1.71. The van der Waals surface area contributed by atoms with E-state index in [0.29, 0.717) is 39.3 Å². The van der Waals surface area contributed by atoms with Crippen LogP contribution >= 0.6 is 35.6 Å². The third-order valence-electron chi connectivity index (χ3n) is 3.75. The van der Waals surface area contributed by atoms with E-state index in [1.807, 2.05) is 0 Å². The average molecular weight is 485 g/mol. The van der Waals surface area contributed by atoms with Crippen LogP contribution in [0.1, 0.15) is 12.5 Å². The van der Waals surface area contributed by atoms with E-state index in [1.165, 1.54) is 6.07 Å². The molecule has 1 aliphatic rings. The minimum atomic E-state index is -0.431. The summed E-state index contributed by atoms with van der Waals surface area (Å²) in [6.45, 7) is 5.17. The number of amides is 1. The number of nitrogens with zero attached hydrogens (tertiary/aromatic N) is 3. The zero-order valence-electron chi connectivity index (χ0n) is 14.3.